The van der Waals surface area contributed by atoms with Crippen molar-refractivity contribution < 1.29 is 45.5 Å². The minimum atomic E-state index is -4.96. The molecule has 0 bridgehead atoms. The van der Waals surface area contributed by atoms with Crippen molar-refractivity contribution >= 4 is 18.6 Å². The maximum atomic E-state index is 15.8. The SMILES string of the molecule is COc1ccc(C(NC2=N[C@](CF)(c3cc(B4OCC(C)(C)CO4)ccc3F)C[C@@H](C(F)(F)F)O2)(c2ccccc2)c2ccc(OC)cc2)cc1. The van der Waals surface area contributed by atoms with E-state index in [0.29, 0.717) is 46.9 Å². The summed E-state index contributed by atoms with van der Waals surface area (Å²) in [5.74, 6) is 0.151. The van der Waals surface area contributed by atoms with Crippen molar-refractivity contribution in [2.24, 2.45) is 10.4 Å². The van der Waals surface area contributed by atoms with Gasteiger partial charge in [0.2, 0.25) is 0 Å². The summed E-state index contributed by atoms with van der Waals surface area (Å²) in [6.07, 6.45) is -8.52. The largest absolute Gasteiger partial charge is 0.497 e. The summed E-state index contributed by atoms with van der Waals surface area (Å²) in [4.78, 5) is 4.50. The summed E-state index contributed by atoms with van der Waals surface area (Å²) in [6.45, 7) is 3.10. The van der Waals surface area contributed by atoms with Crippen LogP contribution in [0.25, 0.3) is 0 Å². The molecule has 0 amide bonds. The molecule has 0 spiro atoms. The van der Waals surface area contributed by atoms with Gasteiger partial charge in [-0.25, -0.2) is 13.8 Å². The molecule has 4 aromatic carbocycles. The first kappa shape index (κ1) is 36.2. The van der Waals surface area contributed by atoms with Crippen LogP contribution >= 0.6 is 0 Å². The standard InChI is InChI=1S/C38H38BF5N2O5/c1-35(2)23-49-39(50-24-35)28-14-19-32(41)31(20-28)36(22-40)21-33(38(42,43)44)51-34(45-36)46-37(25-8-6-5-7-9-25,26-10-15-29(47-3)16-11-26)27-12-17-30(48-4)18-13-27/h5-20,33H,21-24H2,1-4H3,(H,45,46)/t33-,36+/m0/s1. The molecule has 2 aliphatic rings. The number of hydrogen-bond acceptors (Lipinski definition) is 7. The Bertz CT molecular complexity index is 1780. The molecule has 0 unspecified atom stereocenters. The fourth-order valence-electron chi connectivity index (χ4n) is 6.49. The molecule has 0 aliphatic carbocycles. The van der Waals surface area contributed by atoms with Crippen LogP contribution in [0.2, 0.25) is 0 Å². The van der Waals surface area contributed by atoms with Crippen LogP contribution in [-0.4, -0.2) is 59.5 Å². The van der Waals surface area contributed by atoms with Crippen molar-refractivity contribution in [2.75, 3.05) is 34.1 Å². The molecular weight excluding hydrogens is 670 g/mol. The second-order valence-corrected chi connectivity index (χ2v) is 13.5. The average Bonchev–Trinajstić information content (AvgIpc) is 3.14. The van der Waals surface area contributed by atoms with E-state index in [-0.39, 0.29) is 11.0 Å². The zero-order valence-electron chi connectivity index (χ0n) is 28.6. The van der Waals surface area contributed by atoms with E-state index in [2.05, 4.69) is 10.3 Å². The van der Waals surface area contributed by atoms with E-state index in [9.17, 15) is 13.2 Å². The van der Waals surface area contributed by atoms with E-state index >= 15 is 8.78 Å². The topological polar surface area (TPSA) is 70.5 Å². The third kappa shape index (κ3) is 7.27. The lowest BCUT2D eigenvalue weighted by molar-refractivity contribution is -0.210. The van der Waals surface area contributed by atoms with Gasteiger partial charge < -0.3 is 28.8 Å². The summed E-state index contributed by atoms with van der Waals surface area (Å²) in [7, 11) is 2.10. The van der Waals surface area contributed by atoms with E-state index in [1.807, 2.05) is 13.8 Å². The number of rotatable bonds is 9. The highest BCUT2D eigenvalue weighted by Crippen LogP contribution is 2.44. The summed E-state index contributed by atoms with van der Waals surface area (Å²) in [6, 6.07) is 25.9. The minimum Gasteiger partial charge on any atom is -0.497 e. The van der Waals surface area contributed by atoms with Crippen molar-refractivity contribution in [3.05, 3.63) is 125 Å². The lowest BCUT2D eigenvalue weighted by Gasteiger charge is -2.42. The van der Waals surface area contributed by atoms with Crippen LogP contribution in [-0.2, 0) is 25.1 Å². The summed E-state index contributed by atoms with van der Waals surface area (Å²) in [5, 5.41) is 3.17. The van der Waals surface area contributed by atoms with Gasteiger partial charge in [-0.1, -0.05) is 80.6 Å². The number of benzene rings is 4. The van der Waals surface area contributed by atoms with Crippen LogP contribution in [0.15, 0.2) is 102 Å². The number of hydrogen-bond donors (Lipinski definition) is 1. The van der Waals surface area contributed by atoms with E-state index in [1.54, 1.807) is 78.9 Å². The number of ether oxygens (including phenoxy) is 3. The van der Waals surface area contributed by atoms with Gasteiger partial charge in [-0.3, -0.25) is 0 Å². The van der Waals surface area contributed by atoms with Crippen LogP contribution in [0.5, 0.6) is 11.5 Å². The first-order valence-corrected chi connectivity index (χ1v) is 16.4. The van der Waals surface area contributed by atoms with Gasteiger partial charge >= 0.3 is 13.3 Å². The van der Waals surface area contributed by atoms with E-state index < -0.39 is 55.4 Å². The molecule has 51 heavy (non-hydrogen) atoms. The van der Waals surface area contributed by atoms with E-state index in [0.717, 1.165) is 6.07 Å². The Kier molecular flexibility index (Phi) is 10.1. The highest BCUT2D eigenvalue weighted by Gasteiger charge is 2.54. The second-order valence-electron chi connectivity index (χ2n) is 13.5. The highest BCUT2D eigenvalue weighted by atomic mass is 19.4. The fourth-order valence-corrected chi connectivity index (χ4v) is 6.49. The Morgan fingerprint density at radius 1 is 0.824 bits per heavy atom. The molecule has 13 heteroatoms. The van der Waals surface area contributed by atoms with Crippen molar-refractivity contribution in [3.8, 4) is 11.5 Å². The number of nitrogens with zero attached hydrogens (tertiary/aromatic N) is 1. The number of amidine groups is 1. The van der Waals surface area contributed by atoms with Crippen LogP contribution in [0.1, 0.15) is 42.5 Å². The molecule has 1 fully saturated rings. The smallest absolute Gasteiger partial charge is 0.493 e. The van der Waals surface area contributed by atoms with Gasteiger partial charge in [0.25, 0.3) is 6.02 Å². The van der Waals surface area contributed by atoms with Gasteiger partial charge in [0, 0.05) is 30.6 Å². The summed E-state index contributed by atoms with van der Waals surface area (Å²) < 4.78 is 104. The monoisotopic (exact) mass is 708 g/mol. The first-order chi connectivity index (χ1) is 24.3. The number of nitrogens with one attached hydrogen (secondary N) is 1. The maximum absolute atomic E-state index is 15.8. The van der Waals surface area contributed by atoms with Crippen molar-refractivity contribution in [1.82, 2.24) is 5.32 Å². The minimum absolute atomic E-state index is 0.274. The average molecular weight is 709 g/mol. The molecule has 0 saturated carbocycles. The van der Waals surface area contributed by atoms with Crippen LogP contribution in [0.3, 0.4) is 0 Å². The van der Waals surface area contributed by atoms with Crippen molar-refractivity contribution in [2.45, 2.75) is 43.6 Å². The van der Waals surface area contributed by atoms with Crippen LogP contribution in [0.4, 0.5) is 22.0 Å². The number of aliphatic imine (C=N–C) groups is 1. The molecule has 2 aliphatic heterocycles. The fraction of sp³-hybridized carbons (Fsp3) is 0.342. The molecule has 6 rings (SSSR count). The lowest BCUT2D eigenvalue weighted by Crippen LogP contribution is -2.55. The molecule has 7 nitrogen and oxygen atoms in total. The van der Waals surface area contributed by atoms with Crippen molar-refractivity contribution in [1.29, 1.82) is 0 Å². The zero-order chi connectivity index (χ0) is 36.4. The highest BCUT2D eigenvalue weighted by molar-refractivity contribution is 6.61. The third-order valence-electron chi connectivity index (χ3n) is 9.24. The number of halogens is 5. The first-order valence-electron chi connectivity index (χ1n) is 16.4. The van der Waals surface area contributed by atoms with Crippen LogP contribution in [0, 0.1) is 11.2 Å². The van der Waals surface area contributed by atoms with E-state index in [1.165, 1.54) is 26.4 Å². The van der Waals surface area contributed by atoms with Gasteiger partial charge in [0.15, 0.2) is 6.10 Å². The lowest BCUT2D eigenvalue weighted by atomic mass is 9.73. The molecule has 268 valence electrons. The molecule has 2 atom stereocenters. The molecule has 1 N–H and O–H groups in total. The Morgan fingerprint density at radius 2 is 1.37 bits per heavy atom. The normalized spacial score (nSPS) is 20.6. The summed E-state index contributed by atoms with van der Waals surface area (Å²) >= 11 is 0. The quantitative estimate of drug-likeness (QED) is 0.114. The van der Waals surface area contributed by atoms with E-state index in [4.69, 9.17) is 23.5 Å². The Morgan fingerprint density at radius 3 is 1.88 bits per heavy atom. The Balaban J connectivity index is 1.54. The van der Waals surface area contributed by atoms with Crippen molar-refractivity contribution in [3.63, 3.8) is 0 Å². The Hall–Kier alpha value is -4.62. The van der Waals surface area contributed by atoms with Gasteiger partial charge in [0.05, 0.1) is 14.2 Å². The van der Waals surface area contributed by atoms with Gasteiger partial charge in [-0.15, -0.1) is 0 Å². The predicted octanol–water partition coefficient (Wildman–Crippen LogP) is 7.06. The molecule has 1 saturated heterocycles. The van der Waals surface area contributed by atoms with Gasteiger partial charge in [-0.2, -0.15) is 13.2 Å². The Labute approximate surface area is 293 Å². The van der Waals surface area contributed by atoms with Crippen LogP contribution < -0.4 is 20.3 Å². The second kappa shape index (κ2) is 14.2. The van der Waals surface area contributed by atoms with Gasteiger partial charge in [-0.05, 0) is 52.5 Å². The molecular formula is C38H38BF5N2O5. The zero-order valence-corrected chi connectivity index (χ0v) is 28.6. The number of methoxy groups -OCH3 is 2. The van der Waals surface area contributed by atoms with Gasteiger partial charge in [0.1, 0.15) is 35.1 Å². The molecule has 0 radical (unpaired) electrons. The molecule has 0 aromatic heterocycles. The number of alkyl halides is 4. The third-order valence-corrected chi connectivity index (χ3v) is 9.24. The maximum Gasteiger partial charge on any atom is 0.493 e. The predicted molar refractivity (Wildman–Crippen MR) is 184 cm³/mol. The molecule has 4 aromatic rings. The summed E-state index contributed by atoms with van der Waals surface area (Å²) in [5.41, 5.74) is -2.41. The molecule has 2 heterocycles.